The molecule has 1 saturated heterocycles. The normalized spacial score (nSPS) is 20.6. The van der Waals surface area contributed by atoms with E-state index in [0.29, 0.717) is 19.6 Å². The molecule has 0 spiro atoms. The molecule has 154 valence electrons. The lowest BCUT2D eigenvalue weighted by Crippen LogP contribution is -2.46. The van der Waals surface area contributed by atoms with Crippen molar-refractivity contribution in [1.82, 2.24) is 19.4 Å². The molecule has 28 heavy (non-hydrogen) atoms. The fraction of sp³-hybridized carbons (Fsp3) is 0.444. The molecule has 1 aliphatic heterocycles. The van der Waals surface area contributed by atoms with E-state index in [1.54, 1.807) is 18.9 Å². The second-order valence-corrected chi connectivity index (χ2v) is 8.66. The van der Waals surface area contributed by atoms with Gasteiger partial charge in [-0.15, -0.1) is 12.4 Å². The number of carbonyl (C=O) groups excluding carboxylic acids is 1. The first-order valence-electron chi connectivity index (χ1n) is 8.86. The molecule has 1 aliphatic rings. The van der Waals surface area contributed by atoms with Crippen LogP contribution in [0.4, 0.5) is 0 Å². The van der Waals surface area contributed by atoms with Crippen molar-refractivity contribution in [2.45, 2.75) is 23.8 Å². The van der Waals surface area contributed by atoms with E-state index in [-0.39, 0.29) is 35.0 Å². The number of amides is 1. The molecule has 3 atom stereocenters. The van der Waals surface area contributed by atoms with Crippen LogP contribution in [0.25, 0.3) is 0 Å². The van der Waals surface area contributed by atoms with Gasteiger partial charge in [0.05, 0.1) is 12.2 Å². The van der Waals surface area contributed by atoms with Gasteiger partial charge in [0.1, 0.15) is 4.90 Å². The van der Waals surface area contributed by atoms with E-state index >= 15 is 0 Å². The lowest BCUT2D eigenvalue weighted by Gasteiger charge is -2.21. The van der Waals surface area contributed by atoms with Crippen molar-refractivity contribution in [3.8, 4) is 0 Å². The SMILES string of the molecule is CC(NS(=O)(=O)c1cnn(C)c1)C(=O)N1C[C@@H](CN)[C@H](c2ccccc2)C1.Cl. The maximum absolute atomic E-state index is 12.8. The summed E-state index contributed by atoms with van der Waals surface area (Å²) in [6, 6.07) is 9.10. The second-order valence-electron chi connectivity index (χ2n) is 6.95. The third-order valence-electron chi connectivity index (χ3n) is 4.98. The number of likely N-dealkylation sites (tertiary alicyclic amines) is 1. The molecule has 3 rings (SSSR count). The maximum Gasteiger partial charge on any atom is 0.244 e. The van der Waals surface area contributed by atoms with Gasteiger partial charge in [-0.1, -0.05) is 30.3 Å². The molecule has 2 aromatic rings. The zero-order valence-electron chi connectivity index (χ0n) is 15.9. The van der Waals surface area contributed by atoms with Gasteiger partial charge in [0.25, 0.3) is 0 Å². The van der Waals surface area contributed by atoms with Crippen molar-refractivity contribution in [3.63, 3.8) is 0 Å². The third-order valence-corrected chi connectivity index (χ3v) is 6.47. The minimum atomic E-state index is -3.80. The summed E-state index contributed by atoms with van der Waals surface area (Å²) in [5.41, 5.74) is 7.07. The number of aromatic nitrogens is 2. The van der Waals surface area contributed by atoms with Gasteiger partial charge in [0.15, 0.2) is 0 Å². The van der Waals surface area contributed by atoms with Crippen molar-refractivity contribution in [3.05, 3.63) is 48.3 Å². The smallest absolute Gasteiger partial charge is 0.244 e. The monoisotopic (exact) mass is 427 g/mol. The Kier molecular flexibility index (Phi) is 7.22. The van der Waals surface area contributed by atoms with E-state index in [1.807, 2.05) is 30.3 Å². The molecule has 1 unspecified atom stereocenters. The first kappa shape index (κ1) is 22.4. The highest BCUT2D eigenvalue weighted by atomic mass is 35.5. The van der Waals surface area contributed by atoms with E-state index in [9.17, 15) is 13.2 Å². The fourth-order valence-corrected chi connectivity index (χ4v) is 4.71. The number of halogens is 1. The number of nitrogens with two attached hydrogens (primary N) is 1. The van der Waals surface area contributed by atoms with Crippen LogP contribution >= 0.6 is 12.4 Å². The standard InChI is InChI=1S/C18H25N5O3S.ClH/c1-13(21-27(25,26)16-9-20-22(2)11-16)18(24)23-10-15(8-19)17(12-23)14-6-4-3-5-7-14;/h3-7,9,11,13,15,17,21H,8,10,12,19H2,1-2H3;1H/t13?,15-,17+;/m1./s1. The van der Waals surface area contributed by atoms with Crippen molar-refractivity contribution < 1.29 is 13.2 Å². The number of nitrogens with zero attached hydrogens (tertiary/aromatic N) is 3. The van der Waals surface area contributed by atoms with Gasteiger partial charge in [0, 0.05) is 32.3 Å². The third kappa shape index (κ3) is 4.72. The molecule has 1 amide bonds. The summed E-state index contributed by atoms with van der Waals surface area (Å²) in [5, 5.41) is 3.87. The van der Waals surface area contributed by atoms with Crippen molar-refractivity contribution in [2.24, 2.45) is 18.7 Å². The van der Waals surface area contributed by atoms with Crippen LogP contribution in [0.1, 0.15) is 18.4 Å². The van der Waals surface area contributed by atoms with E-state index in [4.69, 9.17) is 5.73 Å². The van der Waals surface area contributed by atoms with Gasteiger partial charge in [0.2, 0.25) is 15.9 Å². The number of carbonyl (C=O) groups is 1. The lowest BCUT2D eigenvalue weighted by molar-refractivity contribution is -0.131. The molecular weight excluding hydrogens is 402 g/mol. The van der Waals surface area contributed by atoms with Gasteiger partial charge >= 0.3 is 0 Å². The quantitative estimate of drug-likeness (QED) is 0.705. The lowest BCUT2D eigenvalue weighted by atomic mass is 9.89. The van der Waals surface area contributed by atoms with Crippen LogP contribution in [-0.4, -0.2) is 54.7 Å². The second kappa shape index (κ2) is 9.04. The van der Waals surface area contributed by atoms with E-state index in [0.717, 1.165) is 5.56 Å². The Bertz CT molecular complexity index is 903. The Hall–Kier alpha value is -1.94. The number of sulfonamides is 1. The highest BCUT2D eigenvalue weighted by molar-refractivity contribution is 7.89. The van der Waals surface area contributed by atoms with Gasteiger partial charge in [-0.05, 0) is 24.9 Å². The molecular formula is C18H26ClN5O3S. The largest absolute Gasteiger partial charge is 0.340 e. The predicted molar refractivity (Wildman–Crippen MR) is 109 cm³/mol. The summed E-state index contributed by atoms with van der Waals surface area (Å²) in [6.45, 7) is 3.08. The average Bonchev–Trinajstić information content (AvgIpc) is 3.28. The number of hydrogen-bond donors (Lipinski definition) is 2. The van der Waals surface area contributed by atoms with Gasteiger partial charge < -0.3 is 10.6 Å². The Morgan fingerprint density at radius 2 is 2.00 bits per heavy atom. The number of aryl methyl sites for hydroxylation is 1. The average molecular weight is 428 g/mol. The topological polar surface area (TPSA) is 110 Å². The number of benzene rings is 1. The highest BCUT2D eigenvalue weighted by Crippen LogP contribution is 2.32. The van der Waals surface area contributed by atoms with Crippen molar-refractivity contribution in [1.29, 1.82) is 0 Å². The summed E-state index contributed by atoms with van der Waals surface area (Å²) in [5.74, 6) is 0.0557. The summed E-state index contributed by atoms with van der Waals surface area (Å²) >= 11 is 0. The first-order chi connectivity index (χ1) is 12.8. The van der Waals surface area contributed by atoms with Crippen LogP contribution in [-0.2, 0) is 21.9 Å². The molecule has 3 N–H and O–H groups in total. The van der Waals surface area contributed by atoms with Crippen LogP contribution < -0.4 is 10.5 Å². The molecule has 0 aliphatic carbocycles. The molecule has 1 aromatic carbocycles. The van der Waals surface area contributed by atoms with Gasteiger partial charge in [-0.2, -0.15) is 9.82 Å². The minimum absolute atomic E-state index is 0. The van der Waals surface area contributed by atoms with Gasteiger partial charge in [-0.25, -0.2) is 8.42 Å². The highest BCUT2D eigenvalue weighted by Gasteiger charge is 2.37. The van der Waals surface area contributed by atoms with E-state index in [2.05, 4.69) is 9.82 Å². The van der Waals surface area contributed by atoms with Crippen LogP contribution in [0.2, 0.25) is 0 Å². The molecule has 2 heterocycles. The molecule has 0 radical (unpaired) electrons. The Morgan fingerprint density at radius 3 is 2.57 bits per heavy atom. The van der Waals surface area contributed by atoms with Crippen molar-refractivity contribution >= 4 is 28.3 Å². The summed E-state index contributed by atoms with van der Waals surface area (Å²) in [4.78, 5) is 14.6. The molecule has 1 fully saturated rings. The van der Waals surface area contributed by atoms with Crippen LogP contribution in [0.15, 0.2) is 47.6 Å². The maximum atomic E-state index is 12.8. The molecule has 8 nitrogen and oxygen atoms in total. The number of hydrogen-bond acceptors (Lipinski definition) is 5. The van der Waals surface area contributed by atoms with E-state index < -0.39 is 16.1 Å². The predicted octanol–water partition coefficient (Wildman–Crippen LogP) is 0.710. The first-order valence-corrected chi connectivity index (χ1v) is 10.3. The Morgan fingerprint density at radius 1 is 1.32 bits per heavy atom. The molecule has 0 bridgehead atoms. The van der Waals surface area contributed by atoms with Crippen molar-refractivity contribution in [2.75, 3.05) is 19.6 Å². The Balaban J connectivity index is 0.00000280. The Labute approximate surface area is 171 Å². The van der Waals surface area contributed by atoms with Gasteiger partial charge in [-0.3, -0.25) is 9.48 Å². The van der Waals surface area contributed by atoms with E-state index in [1.165, 1.54) is 17.1 Å². The van der Waals surface area contributed by atoms with Crippen LogP contribution in [0.5, 0.6) is 0 Å². The zero-order chi connectivity index (χ0) is 19.6. The minimum Gasteiger partial charge on any atom is -0.340 e. The van der Waals surface area contributed by atoms with Crippen LogP contribution in [0.3, 0.4) is 0 Å². The summed E-state index contributed by atoms with van der Waals surface area (Å²) in [7, 11) is -2.17. The molecule has 0 saturated carbocycles. The molecule has 1 aromatic heterocycles. The fourth-order valence-electron chi connectivity index (χ4n) is 3.53. The van der Waals surface area contributed by atoms with Crippen LogP contribution in [0, 0.1) is 5.92 Å². The molecule has 10 heteroatoms. The number of rotatable bonds is 6. The summed E-state index contributed by atoms with van der Waals surface area (Å²) < 4.78 is 28.7. The summed E-state index contributed by atoms with van der Waals surface area (Å²) in [6.07, 6.45) is 2.65. The zero-order valence-corrected chi connectivity index (χ0v) is 17.5. The number of nitrogens with one attached hydrogen (secondary N) is 1.